The van der Waals surface area contributed by atoms with Gasteiger partial charge < -0.3 is 0 Å². The van der Waals surface area contributed by atoms with Gasteiger partial charge in [0.15, 0.2) is 0 Å². The topological polar surface area (TPSA) is 23.8 Å². The average molecular weight is 151 g/mol. The zero-order valence-electron chi connectivity index (χ0n) is 7.94. The summed E-state index contributed by atoms with van der Waals surface area (Å²) in [5.41, 5.74) is 1.25. The molecule has 0 aliphatic rings. The van der Waals surface area contributed by atoms with Crippen molar-refractivity contribution < 1.29 is 0 Å². The van der Waals surface area contributed by atoms with Crippen molar-refractivity contribution in [3.8, 4) is 6.07 Å². The highest BCUT2D eigenvalue weighted by atomic mass is 14.3. The third kappa shape index (κ3) is 2.38. The third-order valence-corrected chi connectivity index (χ3v) is 2.73. The molecule has 0 aromatic rings. The van der Waals surface area contributed by atoms with Crippen LogP contribution in [0.25, 0.3) is 0 Å². The van der Waals surface area contributed by atoms with Crippen LogP contribution in [-0.2, 0) is 0 Å². The molecule has 0 amide bonds. The molecule has 0 rings (SSSR count). The summed E-state index contributed by atoms with van der Waals surface area (Å²) in [6.45, 7) is 12.3. The van der Waals surface area contributed by atoms with E-state index in [4.69, 9.17) is 5.26 Å². The van der Waals surface area contributed by atoms with Gasteiger partial charge in [0.25, 0.3) is 0 Å². The van der Waals surface area contributed by atoms with E-state index in [2.05, 4.69) is 33.4 Å². The predicted octanol–water partition coefficient (Wildman–Crippen LogP) is 3.14. The minimum absolute atomic E-state index is 0.0930. The molecular weight excluding hydrogens is 134 g/mol. The van der Waals surface area contributed by atoms with E-state index in [1.54, 1.807) is 0 Å². The monoisotopic (exact) mass is 151 g/mol. The molecule has 0 aliphatic carbocycles. The van der Waals surface area contributed by atoms with E-state index in [0.717, 1.165) is 5.57 Å². The van der Waals surface area contributed by atoms with Gasteiger partial charge in [-0.05, 0) is 18.3 Å². The van der Waals surface area contributed by atoms with Crippen LogP contribution in [0.15, 0.2) is 12.2 Å². The van der Waals surface area contributed by atoms with Crippen LogP contribution in [0.4, 0.5) is 0 Å². The molecule has 0 aliphatic heterocycles. The van der Waals surface area contributed by atoms with Crippen molar-refractivity contribution in [1.82, 2.24) is 0 Å². The lowest BCUT2D eigenvalue weighted by Gasteiger charge is -2.30. The second kappa shape index (κ2) is 3.57. The Kier molecular flexibility index (Phi) is 3.32. The Balaban J connectivity index is 4.31. The lowest BCUT2D eigenvalue weighted by atomic mass is 9.74. The van der Waals surface area contributed by atoms with Crippen LogP contribution in [0.3, 0.4) is 0 Å². The van der Waals surface area contributed by atoms with Crippen LogP contribution in [0.2, 0.25) is 0 Å². The second-order valence-electron chi connectivity index (χ2n) is 3.77. The molecule has 0 spiro atoms. The molecule has 62 valence electrons. The molecule has 1 heteroatoms. The van der Waals surface area contributed by atoms with E-state index in [1.165, 1.54) is 0 Å². The van der Waals surface area contributed by atoms with Crippen LogP contribution < -0.4 is 0 Å². The molecule has 0 aromatic carbocycles. The van der Waals surface area contributed by atoms with E-state index < -0.39 is 0 Å². The molecule has 0 heterocycles. The second-order valence-corrected chi connectivity index (χ2v) is 3.77. The van der Waals surface area contributed by atoms with Crippen molar-refractivity contribution >= 4 is 0 Å². The minimum Gasteiger partial charge on any atom is -0.198 e. The zero-order valence-corrected chi connectivity index (χ0v) is 7.94. The van der Waals surface area contributed by atoms with E-state index in [1.807, 2.05) is 6.92 Å². The van der Waals surface area contributed by atoms with Gasteiger partial charge in [0.2, 0.25) is 0 Å². The predicted molar refractivity (Wildman–Crippen MR) is 48.0 cm³/mol. The van der Waals surface area contributed by atoms with Gasteiger partial charge in [0.05, 0.1) is 6.07 Å². The first-order valence-electron chi connectivity index (χ1n) is 3.95. The smallest absolute Gasteiger partial charge is 0.0624 e. The number of hydrogen-bond donors (Lipinski definition) is 0. The zero-order chi connectivity index (χ0) is 9.07. The van der Waals surface area contributed by atoms with E-state index >= 15 is 0 Å². The maximum atomic E-state index is 8.50. The SMILES string of the molecule is C=C(C)C(C)(C)C(C)CC#N. The fourth-order valence-electron chi connectivity index (χ4n) is 0.813. The summed E-state index contributed by atoms with van der Waals surface area (Å²) in [5, 5.41) is 8.50. The average Bonchev–Trinajstić information content (AvgIpc) is 1.88. The van der Waals surface area contributed by atoms with Gasteiger partial charge in [0.1, 0.15) is 0 Å². The van der Waals surface area contributed by atoms with Gasteiger partial charge in [-0.3, -0.25) is 0 Å². The van der Waals surface area contributed by atoms with Gasteiger partial charge >= 0.3 is 0 Å². The van der Waals surface area contributed by atoms with E-state index in [-0.39, 0.29) is 5.41 Å². The van der Waals surface area contributed by atoms with Crippen molar-refractivity contribution in [2.75, 3.05) is 0 Å². The van der Waals surface area contributed by atoms with Gasteiger partial charge in [-0.15, -0.1) is 0 Å². The van der Waals surface area contributed by atoms with Gasteiger partial charge in [-0.2, -0.15) is 5.26 Å². The summed E-state index contributed by atoms with van der Waals surface area (Å²) >= 11 is 0. The number of nitrogens with zero attached hydrogens (tertiary/aromatic N) is 1. The first-order valence-corrected chi connectivity index (χ1v) is 3.95. The molecule has 0 N–H and O–H groups in total. The molecule has 0 fully saturated rings. The molecule has 0 radical (unpaired) electrons. The number of allylic oxidation sites excluding steroid dienone is 1. The number of nitriles is 1. The minimum atomic E-state index is 0.0930. The Morgan fingerprint density at radius 3 is 2.36 bits per heavy atom. The van der Waals surface area contributed by atoms with Crippen LogP contribution >= 0.6 is 0 Å². The quantitative estimate of drug-likeness (QED) is 0.568. The Hall–Kier alpha value is -0.770. The molecule has 11 heavy (non-hydrogen) atoms. The maximum absolute atomic E-state index is 8.50. The summed E-state index contributed by atoms with van der Waals surface area (Å²) in [7, 11) is 0. The lowest BCUT2D eigenvalue weighted by molar-refractivity contribution is 0.292. The van der Waals surface area contributed by atoms with Crippen LogP contribution in [0, 0.1) is 22.7 Å². The summed E-state index contributed by atoms with van der Waals surface area (Å²) < 4.78 is 0. The fourth-order valence-corrected chi connectivity index (χ4v) is 0.813. The van der Waals surface area contributed by atoms with Crippen molar-refractivity contribution in [3.63, 3.8) is 0 Å². The van der Waals surface area contributed by atoms with Crippen molar-refractivity contribution in [2.45, 2.75) is 34.1 Å². The highest BCUT2D eigenvalue weighted by Crippen LogP contribution is 2.35. The fraction of sp³-hybridized carbons (Fsp3) is 0.700. The highest BCUT2D eigenvalue weighted by molar-refractivity contribution is 5.06. The van der Waals surface area contributed by atoms with Crippen LogP contribution in [0.5, 0.6) is 0 Å². The molecule has 0 saturated carbocycles. The van der Waals surface area contributed by atoms with Crippen molar-refractivity contribution in [1.29, 1.82) is 5.26 Å². The van der Waals surface area contributed by atoms with Crippen molar-refractivity contribution in [2.24, 2.45) is 11.3 Å². The lowest BCUT2D eigenvalue weighted by Crippen LogP contribution is -2.22. The van der Waals surface area contributed by atoms with Crippen LogP contribution in [0.1, 0.15) is 34.1 Å². The van der Waals surface area contributed by atoms with Gasteiger partial charge in [-0.25, -0.2) is 0 Å². The van der Waals surface area contributed by atoms with Crippen molar-refractivity contribution in [3.05, 3.63) is 12.2 Å². The van der Waals surface area contributed by atoms with Gasteiger partial charge in [0, 0.05) is 6.42 Å². The largest absolute Gasteiger partial charge is 0.198 e. The molecule has 1 nitrogen and oxygen atoms in total. The summed E-state index contributed by atoms with van der Waals surface area (Å²) in [6, 6.07) is 2.19. The summed E-state index contributed by atoms with van der Waals surface area (Å²) in [5.74, 6) is 0.394. The molecule has 1 unspecified atom stereocenters. The van der Waals surface area contributed by atoms with Crippen LogP contribution in [-0.4, -0.2) is 0 Å². The standard InChI is InChI=1S/C10H17N/c1-8(2)10(4,5)9(3)6-7-11/h9H,1,6H2,2-5H3. The molecule has 0 aromatic heterocycles. The number of hydrogen-bond acceptors (Lipinski definition) is 1. The Labute approximate surface area is 69.7 Å². The Bertz CT molecular complexity index is 184. The Morgan fingerprint density at radius 1 is 1.64 bits per heavy atom. The molecule has 0 saturated heterocycles. The molecular formula is C10H17N. The third-order valence-electron chi connectivity index (χ3n) is 2.73. The number of rotatable bonds is 3. The highest BCUT2D eigenvalue weighted by Gasteiger charge is 2.25. The first-order chi connectivity index (χ1) is 4.92. The molecule has 1 atom stereocenters. The normalized spacial score (nSPS) is 13.7. The molecule has 0 bridgehead atoms. The maximum Gasteiger partial charge on any atom is 0.0624 e. The van der Waals surface area contributed by atoms with E-state index in [9.17, 15) is 0 Å². The van der Waals surface area contributed by atoms with Gasteiger partial charge in [-0.1, -0.05) is 32.9 Å². The van der Waals surface area contributed by atoms with E-state index in [0.29, 0.717) is 12.3 Å². The first kappa shape index (κ1) is 10.2. The Morgan fingerprint density at radius 2 is 2.09 bits per heavy atom. The summed E-state index contributed by atoms with van der Waals surface area (Å²) in [4.78, 5) is 0. The summed E-state index contributed by atoms with van der Waals surface area (Å²) in [6.07, 6.45) is 0.611.